The van der Waals surface area contributed by atoms with Crippen LogP contribution in [0.15, 0.2) is 23.3 Å². The van der Waals surface area contributed by atoms with Crippen molar-refractivity contribution in [2.75, 3.05) is 45.9 Å². The summed E-state index contributed by atoms with van der Waals surface area (Å²) in [6.45, 7) is 9.09. The summed E-state index contributed by atoms with van der Waals surface area (Å²) in [5.41, 5.74) is 1.08. The first kappa shape index (κ1) is 23.2. The number of nitrogens with one attached hydrogen (secondary N) is 2. The SMILES string of the molecule is CCNC(=NCc1ccc(OC2CCCC2)nc1)NCCN1CCOCC1.I. The zero-order chi connectivity index (χ0) is 18.7. The quantitative estimate of drug-likeness (QED) is 0.323. The maximum atomic E-state index is 5.92. The molecule has 1 aliphatic carbocycles. The predicted octanol–water partition coefficient (Wildman–Crippen LogP) is 2.41. The van der Waals surface area contributed by atoms with Gasteiger partial charge in [-0.3, -0.25) is 4.90 Å². The van der Waals surface area contributed by atoms with Crippen LogP contribution >= 0.6 is 24.0 Å². The molecule has 28 heavy (non-hydrogen) atoms. The van der Waals surface area contributed by atoms with Crippen LogP contribution in [0, 0.1) is 0 Å². The van der Waals surface area contributed by atoms with Crippen LogP contribution < -0.4 is 15.4 Å². The molecule has 7 nitrogen and oxygen atoms in total. The van der Waals surface area contributed by atoms with Crippen LogP contribution in [0.5, 0.6) is 5.88 Å². The summed E-state index contributed by atoms with van der Waals surface area (Å²) in [5.74, 6) is 1.57. The van der Waals surface area contributed by atoms with Crippen LogP contribution in [0.2, 0.25) is 0 Å². The lowest BCUT2D eigenvalue weighted by Crippen LogP contribution is -2.44. The van der Waals surface area contributed by atoms with Crippen molar-refractivity contribution in [1.82, 2.24) is 20.5 Å². The molecule has 1 saturated carbocycles. The van der Waals surface area contributed by atoms with Gasteiger partial charge in [0.2, 0.25) is 5.88 Å². The molecule has 8 heteroatoms. The highest BCUT2D eigenvalue weighted by Gasteiger charge is 2.16. The number of guanidine groups is 1. The van der Waals surface area contributed by atoms with Gasteiger partial charge >= 0.3 is 0 Å². The van der Waals surface area contributed by atoms with E-state index < -0.39 is 0 Å². The summed E-state index contributed by atoms with van der Waals surface area (Å²) in [5, 5.41) is 6.71. The number of aliphatic imine (C=N–C) groups is 1. The minimum atomic E-state index is 0. The first-order valence-electron chi connectivity index (χ1n) is 10.3. The van der Waals surface area contributed by atoms with Crippen LogP contribution in [-0.2, 0) is 11.3 Å². The Balaban J connectivity index is 0.00000280. The topological polar surface area (TPSA) is 71.0 Å². The van der Waals surface area contributed by atoms with Gasteiger partial charge < -0.3 is 20.1 Å². The van der Waals surface area contributed by atoms with Crippen molar-refractivity contribution in [3.8, 4) is 5.88 Å². The van der Waals surface area contributed by atoms with Gasteiger partial charge in [-0.05, 0) is 38.2 Å². The third-order valence-electron chi connectivity index (χ3n) is 4.98. The number of aromatic nitrogens is 1. The molecule has 0 amide bonds. The molecule has 0 bridgehead atoms. The molecule has 0 unspecified atom stereocenters. The molecule has 1 aliphatic heterocycles. The fourth-order valence-corrected chi connectivity index (χ4v) is 3.42. The van der Waals surface area contributed by atoms with Gasteiger partial charge in [0.15, 0.2) is 5.96 Å². The van der Waals surface area contributed by atoms with Crippen molar-refractivity contribution in [3.63, 3.8) is 0 Å². The Morgan fingerprint density at radius 1 is 1.25 bits per heavy atom. The first-order valence-corrected chi connectivity index (χ1v) is 10.3. The molecule has 0 spiro atoms. The second kappa shape index (κ2) is 13.2. The fourth-order valence-electron chi connectivity index (χ4n) is 3.42. The van der Waals surface area contributed by atoms with Crippen LogP contribution in [0.3, 0.4) is 0 Å². The minimum absolute atomic E-state index is 0. The lowest BCUT2D eigenvalue weighted by Gasteiger charge is -2.26. The van der Waals surface area contributed by atoms with E-state index in [0.29, 0.717) is 12.6 Å². The molecule has 2 N–H and O–H groups in total. The van der Waals surface area contributed by atoms with Gasteiger partial charge in [0.1, 0.15) is 6.10 Å². The van der Waals surface area contributed by atoms with E-state index in [2.05, 4.69) is 38.5 Å². The van der Waals surface area contributed by atoms with E-state index in [4.69, 9.17) is 9.47 Å². The van der Waals surface area contributed by atoms with E-state index in [1.54, 1.807) is 0 Å². The smallest absolute Gasteiger partial charge is 0.213 e. The second-order valence-electron chi connectivity index (χ2n) is 7.10. The van der Waals surface area contributed by atoms with Gasteiger partial charge in [-0.2, -0.15) is 0 Å². The molecule has 3 rings (SSSR count). The Kier molecular flexibility index (Phi) is 10.9. The van der Waals surface area contributed by atoms with Crippen molar-refractivity contribution in [2.24, 2.45) is 4.99 Å². The number of hydrogen-bond acceptors (Lipinski definition) is 5. The van der Waals surface area contributed by atoms with Gasteiger partial charge in [-0.1, -0.05) is 6.07 Å². The third-order valence-corrected chi connectivity index (χ3v) is 4.98. The van der Waals surface area contributed by atoms with Gasteiger partial charge in [-0.25, -0.2) is 9.98 Å². The average Bonchev–Trinajstić information content (AvgIpc) is 3.21. The van der Waals surface area contributed by atoms with Crippen LogP contribution in [0.1, 0.15) is 38.2 Å². The van der Waals surface area contributed by atoms with Crippen molar-refractivity contribution < 1.29 is 9.47 Å². The fraction of sp³-hybridized carbons (Fsp3) is 0.700. The first-order chi connectivity index (χ1) is 13.3. The lowest BCUT2D eigenvalue weighted by atomic mass is 10.3. The normalized spacial score (nSPS) is 18.5. The standard InChI is InChI=1S/C20H33N5O2.HI/c1-2-21-20(22-9-10-25-11-13-26-14-12-25)24-16-17-7-8-19(23-15-17)27-18-5-3-4-6-18;/h7-8,15,18H,2-6,9-14,16H2,1H3,(H2,21,22,24);1H. The number of rotatable bonds is 8. The molecule has 158 valence electrons. The number of pyridine rings is 1. The number of hydrogen-bond donors (Lipinski definition) is 2. The lowest BCUT2D eigenvalue weighted by molar-refractivity contribution is 0.0389. The number of ether oxygens (including phenoxy) is 2. The Morgan fingerprint density at radius 3 is 2.71 bits per heavy atom. The summed E-state index contributed by atoms with van der Waals surface area (Å²) in [6.07, 6.45) is 7.04. The minimum Gasteiger partial charge on any atom is -0.474 e. The molecular formula is C20H34IN5O2. The van der Waals surface area contributed by atoms with Crippen molar-refractivity contribution >= 4 is 29.9 Å². The Labute approximate surface area is 185 Å². The van der Waals surface area contributed by atoms with Gasteiger partial charge in [0, 0.05) is 45.0 Å². The molecule has 2 heterocycles. The third kappa shape index (κ3) is 8.08. The molecule has 0 radical (unpaired) electrons. The van der Waals surface area contributed by atoms with Gasteiger partial charge in [0.25, 0.3) is 0 Å². The molecule has 1 aromatic heterocycles. The molecule has 0 atom stereocenters. The molecular weight excluding hydrogens is 469 g/mol. The van der Waals surface area contributed by atoms with E-state index in [0.717, 1.165) is 76.2 Å². The highest BCUT2D eigenvalue weighted by atomic mass is 127. The second-order valence-corrected chi connectivity index (χ2v) is 7.10. The Bertz CT molecular complexity index is 572. The predicted molar refractivity (Wildman–Crippen MR) is 123 cm³/mol. The zero-order valence-electron chi connectivity index (χ0n) is 16.9. The Hall–Kier alpha value is -1.13. The summed E-state index contributed by atoms with van der Waals surface area (Å²) in [4.78, 5) is 11.5. The maximum absolute atomic E-state index is 5.92. The number of nitrogens with zero attached hydrogens (tertiary/aromatic N) is 3. The van der Waals surface area contributed by atoms with E-state index in [1.165, 1.54) is 12.8 Å². The highest BCUT2D eigenvalue weighted by Crippen LogP contribution is 2.22. The maximum Gasteiger partial charge on any atom is 0.213 e. The largest absolute Gasteiger partial charge is 0.474 e. The monoisotopic (exact) mass is 503 g/mol. The molecule has 1 aromatic rings. The summed E-state index contributed by atoms with van der Waals surface area (Å²) in [6, 6.07) is 4.01. The highest BCUT2D eigenvalue weighted by molar-refractivity contribution is 14.0. The number of morpholine rings is 1. The van der Waals surface area contributed by atoms with Crippen LogP contribution in [0.25, 0.3) is 0 Å². The van der Waals surface area contributed by atoms with Crippen molar-refractivity contribution in [1.29, 1.82) is 0 Å². The summed E-state index contributed by atoms with van der Waals surface area (Å²) >= 11 is 0. The van der Waals surface area contributed by atoms with Crippen molar-refractivity contribution in [2.45, 2.75) is 45.3 Å². The molecule has 2 fully saturated rings. The molecule has 0 aromatic carbocycles. The van der Waals surface area contributed by atoms with Crippen molar-refractivity contribution in [3.05, 3.63) is 23.9 Å². The van der Waals surface area contributed by atoms with E-state index >= 15 is 0 Å². The van der Waals surface area contributed by atoms with E-state index in [-0.39, 0.29) is 24.0 Å². The van der Waals surface area contributed by atoms with Crippen LogP contribution in [-0.4, -0.2) is 67.9 Å². The van der Waals surface area contributed by atoms with Crippen LogP contribution in [0.4, 0.5) is 0 Å². The molecule has 2 aliphatic rings. The van der Waals surface area contributed by atoms with Gasteiger partial charge in [0.05, 0.1) is 19.8 Å². The van der Waals surface area contributed by atoms with Gasteiger partial charge in [-0.15, -0.1) is 24.0 Å². The Morgan fingerprint density at radius 2 is 2.04 bits per heavy atom. The zero-order valence-corrected chi connectivity index (χ0v) is 19.2. The van der Waals surface area contributed by atoms with E-state index in [9.17, 15) is 0 Å². The average molecular weight is 503 g/mol. The molecule has 1 saturated heterocycles. The van der Waals surface area contributed by atoms with E-state index in [1.807, 2.05) is 12.3 Å². The summed E-state index contributed by atoms with van der Waals surface area (Å²) < 4.78 is 11.3. The number of halogens is 1. The summed E-state index contributed by atoms with van der Waals surface area (Å²) in [7, 11) is 0.